The number of fused-ring (bicyclic) bond motifs is 1. The molecule has 0 aliphatic heterocycles. The Morgan fingerprint density at radius 3 is 2.74 bits per heavy atom. The van der Waals surface area contributed by atoms with Gasteiger partial charge in [0.15, 0.2) is 0 Å². The fourth-order valence-corrected chi connectivity index (χ4v) is 3.60. The largest absolute Gasteiger partial charge is 0.320 e. The van der Waals surface area contributed by atoms with E-state index in [0.717, 1.165) is 16.1 Å². The third-order valence-corrected chi connectivity index (χ3v) is 4.63. The van der Waals surface area contributed by atoms with E-state index in [1.165, 1.54) is 15.6 Å². The second kappa shape index (κ2) is 4.97. The molecule has 1 unspecified atom stereocenters. The van der Waals surface area contributed by atoms with E-state index in [2.05, 4.69) is 36.6 Å². The summed E-state index contributed by atoms with van der Waals surface area (Å²) in [5.74, 6) is 0. The van der Waals surface area contributed by atoms with E-state index < -0.39 is 0 Å². The Bertz CT molecular complexity index is 732. The molecule has 0 aliphatic rings. The first-order valence-corrected chi connectivity index (χ1v) is 7.40. The van der Waals surface area contributed by atoms with E-state index in [9.17, 15) is 0 Å². The zero-order valence-electron chi connectivity index (χ0n) is 10.6. The second-order valence-electron chi connectivity index (χ2n) is 4.66. The lowest BCUT2D eigenvalue weighted by atomic mass is 9.95. The summed E-state index contributed by atoms with van der Waals surface area (Å²) < 4.78 is 1.27. The highest BCUT2D eigenvalue weighted by Crippen LogP contribution is 2.32. The molecule has 1 heterocycles. The number of halogens is 1. The molecule has 19 heavy (non-hydrogen) atoms. The van der Waals surface area contributed by atoms with Crippen molar-refractivity contribution >= 4 is 33.0 Å². The maximum absolute atomic E-state index is 6.46. The predicted molar refractivity (Wildman–Crippen MR) is 84.0 cm³/mol. The maximum atomic E-state index is 6.46. The van der Waals surface area contributed by atoms with Crippen LogP contribution >= 0.6 is 22.9 Å². The van der Waals surface area contributed by atoms with Crippen LogP contribution in [0.4, 0.5) is 0 Å². The van der Waals surface area contributed by atoms with Gasteiger partial charge in [-0.1, -0.05) is 35.9 Å². The van der Waals surface area contributed by atoms with Crippen LogP contribution in [-0.2, 0) is 0 Å². The van der Waals surface area contributed by atoms with Crippen LogP contribution < -0.4 is 5.73 Å². The predicted octanol–water partition coefficient (Wildman–Crippen LogP) is 4.91. The fraction of sp³-hybridized carbons (Fsp3) is 0.125. The summed E-state index contributed by atoms with van der Waals surface area (Å²) in [6.45, 7) is 2.05. The number of nitrogens with two attached hydrogens (primary N) is 1. The van der Waals surface area contributed by atoms with Gasteiger partial charge in [-0.05, 0) is 52.6 Å². The van der Waals surface area contributed by atoms with Gasteiger partial charge >= 0.3 is 0 Å². The number of hydrogen-bond donors (Lipinski definition) is 1. The zero-order chi connectivity index (χ0) is 13.4. The summed E-state index contributed by atoms with van der Waals surface area (Å²) in [6.07, 6.45) is 0. The van der Waals surface area contributed by atoms with Gasteiger partial charge in [-0.3, -0.25) is 0 Å². The van der Waals surface area contributed by atoms with Crippen molar-refractivity contribution in [3.8, 4) is 0 Å². The van der Waals surface area contributed by atoms with Gasteiger partial charge in [-0.2, -0.15) is 0 Å². The van der Waals surface area contributed by atoms with E-state index in [4.69, 9.17) is 17.3 Å². The normalized spacial score (nSPS) is 12.8. The minimum absolute atomic E-state index is 0.111. The van der Waals surface area contributed by atoms with Gasteiger partial charge < -0.3 is 5.73 Å². The molecule has 3 aromatic rings. The second-order valence-corrected chi connectivity index (χ2v) is 6.02. The minimum Gasteiger partial charge on any atom is -0.320 e. The topological polar surface area (TPSA) is 26.0 Å². The van der Waals surface area contributed by atoms with Crippen LogP contribution in [0.2, 0.25) is 5.02 Å². The highest BCUT2D eigenvalue weighted by atomic mass is 35.5. The molecule has 2 N–H and O–H groups in total. The Morgan fingerprint density at radius 1 is 1.11 bits per heavy atom. The molecule has 1 atom stereocenters. The van der Waals surface area contributed by atoms with Gasteiger partial charge in [0.25, 0.3) is 0 Å². The number of rotatable bonds is 2. The molecule has 0 amide bonds. The van der Waals surface area contributed by atoms with E-state index in [1.54, 1.807) is 11.3 Å². The van der Waals surface area contributed by atoms with Crippen LogP contribution in [0.15, 0.2) is 47.8 Å². The van der Waals surface area contributed by atoms with Gasteiger partial charge in [0.05, 0.1) is 6.04 Å². The fourth-order valence-electron chi connectivity index (χ4n) is 2.42. The number of aryl methyl sites for hydroxylation is 1. The third-order valence-electron chi connectivity index (χ3n) is 3.41. The molecule has 0 saturated heterocycles. The average molecular weight is 288 g/mol. The van der Waals surface area contributed by atoms with Crippen LogP contribution in [0.25, 0.3) is 10.1 Å². The number of thiophene rings is 1. The van der Waals surface area contributed by atoms with Crippen molar-refractivity contribution in [1.29, 1.82) is 0 Å². The number of benzene rings is 2. The van der Waals surface area contributed by atoms with Gasteiger partial charge in [0.1, 0.15) is 0 Å². The first-order valence-electron chi connectivity index (χ1n) is 6.14. The molecule has 0 spiro atoms. The number of hydrogen-bond acceptors (Lipinski definition) is 2. The van der Waals surface area contributed by atoms with Crippen molar-refractivity contribution < 1.29 is 0 Å². The summed E-state index contributed by atoms with van der Waals surface area (Å²) >= 11 is 7.75. The summed E-state index contributed by atoms with van der Waals surface area (Å²) in [4.78, 5) is 0. The molecule has 0 bridgehead atoms. The summed E-state index contributed by atoms with van der Waals surface area (Å²) in [5.41, 5.74) is 9.90. The monoisotopic (exact) mass is 287 g/mol. The van der Waals surface area contributed by atoms with Gasteiger partial charge in [0, 0.05) is 9.72 Å². The molecule has 96 valence electrons. The van der Waals surface area contributed by atoms with Crippen LogP contribution in [-0.4, -0.2) is 0 Å². The molecule has 1 aromatic heterocycles. The Hall–Kier alpha value is -1.35. The maximum Gasteiger partial charge on any atom is 0.0568 e. The third kappa shape index (κ3) is 2.27. The van der Waals surface area contributed by atoms with Gasteiger partial charge in [-0.25, -0.2) is 0 Å². The van der Waals surface area contributed by atoms with Crippen molar-refractivity contribution in [3.63, 3.8) is 0 Å². The van der Waals surface area contributed by atoms with Crippen LogP contribution in [0.5, 0.6) is 0 Å². The molecule has 0 fully saturated rings. The van der Waals surface area contributed by atoms with E-state index in [1.807, 2.05) is 18.2 Å². The van der Waals surface area contributed by atoms with E-state index in [0.29, 0.717) is 0 Å². The minimum atomic E-state index is -0.111. The standard InChI is InChI=1S/C16H14ClNS/c1-10-9-12(17)5-6-13(10)15(18)14-4-2-3-11-7-8-19-16(11)14/h2-9,15H,18H2,1H3. The average Bonchev–Trinajstić information content (AvgIpc) is 2.86. The Balaban J connectivity index is 2.13. The van der Waals surface area contributed by atoms with Crippen molar-refractivity contribution in [3.05, 3.63) is 69.6 Å². The van der Waals surface area contributed by atoms with Crippen LogP contribution in [0.3, 0.4) is 0 Å². The van der Waals surface area contributed by atoms with Crippen LogP contribution in [0, 0.1) is 6.92 Å². The molecule has 0 aliphatic carbocycles. The highest BCUT2D eigenvalue weighted by molar-refractivity contribution is 7.17. The lowest BCUT2D eigenvalue weighted by molar-refractivity contribution is 0.872. The molecule has 1 nitrogen and oxygen atoms in total. The van der Waals surface area contributed by atoms with E-state index in [-0.39, 0.29) is 6.04 Å². The van der Waals surface area contributed by atoms with Crippen molar-refractivity contribution in [2.45, 2.75) is 13.0 Å². The molecule has 3 rings (SSSR count). The summed E-state index contributed by atoms with van der Waals surface area (Å²) in [7, 11) is 0. The molecular formula is C16H14ClNS. The SMILES string of the molecule is Cc1cc(Cl)ccc1C(N)c1cccc2ccsc12. The molecule has 0 saturated carbocycles. The summed E-state index contributed by atoms with van der Waals surface area (Å²) in [6, 6.07) is 14.2. The highest BCUT2D eigenvalue weighted by Gasteiger charge is 2.14. The Morgan fingerprint density at radius 2 is 1.95 bits per heavy atom. The molecular weight excluding hydrogens is 274 g/mol. The van der Waals surface area contributed by atoms with Gasteiger partial charge in [0.2, 0.25) is 0 Å². The molecule has 3 heteroatoms. The Labute approximate surface area is 121 Å². The first kappa shape index (κ1) is 12.7. The summed E-state index contributed by atoms with van der Waals surface area (Å²) in [5, 5.41) is 4.11. The van der Waals surface area contributed by atoms with Gasteiger partial charge in [-0.15, -0.1) is 11.3 Å². The zero-order valence-corrected chi connectivity index (χ0v) is 12.1. The van der Waals surface area contributed by atoms with Crippen molar-refractivity contribution in [1.82, 2.24) is 0 Å². The molecule has 0 radical (unpaired) electrons. The Kier molecular flexibility index (Phi) is 3.31. The van der Waals surface area contributed by atoms with Crippen LogP contribution in [0.1, 0.15) is 22.7 Å². The van der Waals surface area contributed by atoms with E-state index >= 15 is 0 Å². The first-order chi connectivity index (χ1) is 9.16. The smallest absolute Gasteiger partial charge is 0.0568 e. The quantitative estimate of drug-likeness (QED) is 0.712. The van der Waals surface area contributed by atoms with Crippen molar-refractivity contribution in [2.75, 3.05) is 0 Å². The molecule has 2 aromatic carbocycles. The lowest BCUT2D eigenvalue weighted by Crippen LogP contribution is -2.13. The van der Waals surface area contributed by atoms with Crippen molar-refractivity contribution in [2.24, 2.45) is 5.73 Å². The lowest BCUT2D eigenvalue weighted by Gasteiger charge is -2.16.